The summed E-state index contributed by atoms with van der Waals surface area (Å²) in [6, 6.07) is 4.67. The van der Waals surface area contributed by atoms with Gasteiger partial charge in [0.1, 0.15) is 18.2 Å². The summed E-state index contributed by atoms with van der Waals surface area (Å²) in [5.74, 6) is -2.90. The van der Waals surface area contributed by atoms with E-state index in [-0.39, 0.29) is 17.7 Å². The predicted molar refractivity (Wildman–Crippen MR) is 61.1 cm³/mol. The Morgan fingerprint density at radius 1 is 1.44 bits per heavy atom. The number of nitriles is 1. The highest BCUT2D eigenvalue weighted by molar-refractivity contribution is 5.97. The van der Waals surface area contributed by atoms with Gasteiger partial charge < -0.3 is 4.74 Å². The molecule has 0 amide bonds. The van der Waals surface area contributed by atoms with Crippen molar-refractivity contribution in [3.63, 3.8) is 0 Å². The molecule has 0 aromatic heterocycles. The number of hydrogen-bond donors (Lipinski definition) is 0. The van der Waals surface area contributed by atoms with E-state index in [0.29, 0.717) is 0 Å². The Morgan fingerprint density at radius 2 is 2.17 bits per heavy atom. The summed E-state index contributed by atoms with van der Waals surface area (Å²) in [6.07, 6.45) is 2.47. The average Bonchev–Trinajstić information content (AvgIpc) is 2.37. The van der Waals surface area contributed by atoms with Crippen molar-refractivity contribution in [2.45, 2.75) is 0 Å². The van der Waals surface area contributed by atoms with Crippen molar-refractivity contribution in [2.24, 2.45) is 0 Å². The van der Waals surface area contributed by atoms with Crippen LogP contribution in [0.5, 0.6) is 0 Å². The number of hydrogen-bond acceptors (Lipinski definition) is 3. The molecule has 92 valence electrons. The molecule has 0 heterocycles. The van der Waals surface area contributed by atoms with E-state index in [1.54, 1.807) is 6.07 Å². The molecule has 0 aliphatic rings. The minimum absolute atomic E-state index is 0.0321. The first-order chi connectivity index (χ1) is 8.58. The van der Waals surface area contributed by atoms with Gasteiger partial charge in [0.15, 0.2) is 11.6 Å². The number of halogens is 2. The maximum atomic E-state index is 12.9. The molecule has 1 rings (SSSR count). The van der Waals surface area contributed by atoms with Crippen LogP contribution in [0.1, 0.15) is 5.56 Å². The summed E-state index contributed by atoms with van der Waals surface area (Å²) in [5.41, 5.74) is -0.108. The van der Waals surface area contributed by atoms with Gasteiger partial charge in [-0.2, -0.15) is 5.26 Å². The summed E-state index contributed by atoms with van der Waals surface area (Å²) < 4.78 is 30.3. The molecule has 0 aliphatic carbocycles. The van der Waals surface area contributed by atoms with Gasteiger partial charge in [0.25, 0.3) is 0 Å². The molecule has 18 heavy (non-hydrogen) atoms. The van der Waals surface area contributed by atoms with E-state index in [2.05, 4.69) is 11.3 Å². The lowest BCUT2D eigenvalue weighted by atomic mass is 10.1. The van der Waals surface area contributed by atoms with Crippen molar-refractivity contribution >= 4 is 12.0 Å². The fourth-order valence-electron chi connectivity index (χ4n) is 1.12. The normalized spacial score (nSPS) is 10.6. The molecular weight excluding hydrogens is 240 g/mol. The number of ether oxygens (including phenoxy) is 1. The quantitative estimate of drug-likeness (QED) is 0.356. The van der Waals surface area contributed by atoms with Gasteiger partial charge in [-0.25, -0.2) is 13.6 Å². The Balaban J connectivity index is 2.97. The van der Waals surface area contributed by atoms with Gasteiger partial charge >= 0.3 is 5.97 Å². The van der Waals surface area contributed by atoms with Crippen LogP contribution in [0, 0.1) is 23.0 Å². The third kappa shape index (κ3) is 3.52. The molecule has 0 saturated heterocycles. The highest BCUT2D eigenvalue weighted by atomic mass is 19.2. The van der Waals surface area contributed by atoms with Gasteiger partial charge in [-0.3, -0.25) is 0 Å². The molecule has 0 spiro atoms. The van der Waals surface area contributed by atoms with E-state index in [9.17, 15) is 13.6 Å². The Labute approximate surface area is 103 Å². The van der Waals surface area contributed by atoms with Crippen molar-refractivity contribution in [3.8, 4) is 6.07 Å². The van der Waals surface area contributed by atoms with E-state index >= 15 is 0 Å². The van der Waals surface area contributed by atoms with Crippen LogP contribution in [0.15, 0.2) is 36.4 Å². The lowest BCUT2D eigenvalue weighted by Crippen LogP contribution is -2.06. The molecule has 0 saturated carbocycles. The van der Waals surface area contributed by atoms with E-state index in [0.717, 1.165) is 18.2 Å². The molecule has 0 atom stereocenters. The summed E-state index contributed by atoms with van der Waals surface area (Å²) in [6.45, 7) is 3.32. The number of carbonyl (C=O) groups excluding carboxylic acids is 1. The van der Waals surface area contributed by atoms with E-state index < -0.39 is 17.6 Å². The van der Waals surface area contributed by atoms with E-state index in [1.807, 2.05) is 0 Å². The van der Waals surface area contributed by atoms with Crippen molar-refractivity contribution in [1.82, 2.24) is 0 Å². The fraction of sp³-hybridized carbons (Fsp3) is 0.0769. The molecule has 0 aliphatic heterocycles. The molecule has 1 aromatic rings. The largest absolute Gasteiger partial charge is 0.457 e. The molecule has 1 aromatic carbocycles. The lowest BCUT2D eigenvalue weighted by molar-refractivity contribution is -0.137. The van der Waals surface area contributed by atoms with Gasteiger partial charge in [-0.05, 0) is 23.8 Å². The highest BCUT2D eigenvalue weighted by Gasteiger charge is 2.10. The van der Waals surface area contributed by atoms with E-state index in [4.69, 9.17) is 5.26 Å². The second-order valence-corrected chi connectivity index (χ2v) is 3.23. The first-order valence-corrected chi connectivity index (χ1v) is 4.93. The van der Waals surface area contributed by atoms with Crippen LogP contribution >= 0.6 is 0 Å². The molecule has 5 heteroatoms. The third-order valence-electron chi connectivity index (χ3n) is 1.93. The SMILES string of the molecule is C=CCOC(=O)/C(C#N)=C\c1ccc(F)c(F)c1. The zero-order valence-corrected chi connectivity index (χ0v) is 9.32. The van der Waals surface area contributed by atoms with Crippen molar-refractivity contribution in [2.75, 3.05) is 6.61 Å². The summed E-state index contributed by atoms with van der Waals surface area (Å²) in [7, 11) is 0. The maximum absolute atomic E-state index is 12.9. The Kier molecular flexibility index (Phi) is 4.76. The minimum Gasteiger partial charge on any atom is -0.457 e. The second-order valence-electron chi connectivity index (χ2n) is 3.23. The molecule has 0 bridgehead atoms. The van der Waals surface area contributed by atoms with Crippen molar-refractivity contribution < 1.29 is 18.3 Å². The van der Waals surface area contributed by atoms with Crippen LogP contribution in [0.25, 0.3) is 6.08 Å². The van der Waals surface area contributed by atoms with Crippen LogP contribution in [-0.4, -0.2) is 12.6 Å². The molecule has 0 unspecified atom stereocenters. The molecule has 0 fully saturated rings. The van der Waals surface area contributed by atoms with Gasteiger partial charge in [0.2, 0.25) is 0 Å². The van der Waals surface area contributed by atoms with Crippen LogP contribution in [0.3, 0.4) is 0 Å². The standard InChI is InChI=1S/C13H9F2NO2/c1-2-5-18-13(17)10(8-16)6-9-3-4-11(14)12(15)7-9/h2-4,6-7H,1,5H2/b10-6-. The van der Waals surface area contributed by atoms with Gasteiger partial charge in [-0.1, -0.05) is 18.7 Å². The number of esters is 1. The predicted octanol–water partition coefficient (Wildman–Crippen LogP) is 2.60. The molecule has 3 nitrogen and oxygen atoms in total. The number of nitrogens with zero attached hydrogens (tertiary/aromatic N) is 1. The van der Waals surface area contributed by atoms with Gasteiger partial charge in [-0.15, -0.1) is 0 Å². The number of benzene rings is 1. The van der Waals surface area contributed by atoms with Crippen LogP contribution in [0.2, 0.25) is 0 Å². The number of carbonyl (C=O) groups is 1. The Hall–Kier alpha value is -2.48. The molecule has 0 N–H and O–H groups in total. The second kappa shape index (κ2) is 6.30. The summed E-state index contributed by atoms with van der Waals surface area (Å²) in [5, 5.41) is 8.77. The summed E-state index contributed by atoms with van der Waals surface area (Å²) in [4.78, 5) is 11.4. The average molecular weight is 249 g/mol. The Bertz CT molecular complexity index is 544. The van der Waals surface area contributed by atoms with E-state index in [1.165, 1.54) is 12.1 Å². The zero-order valence-electron chi connectivity index (χ0n) is 9.32. The topological polar surface area (TPSA) is 50.1 Å². The van der Waals surface area contributed by atoms with Crippen molar-refractivity contribution in [3.05, 3.63) is 53.6 Å². The first-order valence-electron chi connectivity index (χ1n) is 4.93. The molecule has 0 radical (unpaired) electrons. The Morgan fingerprint density at radius 3 is 2.72 bits per heavy atom. The highest BCUT2D eigenvalue weighted by Crippen LogP contribution is 2.12. The fourth-order valence-corrected chi connectivity index (χ4v) is 1.12. The van der Waals surface area contributed by atoms with Gasteiger partial charge in [0.05, 0.1) is 0 Å². The number of rotatable bonds is 4. The molecular formula is C13H9F2NO2. The monoisotopic (exact) mass is 249 g/mol. The van der Waals surface area contributed by atoms with Crippen molar-refractivity contribution in [1.29, 1.82) is 5.26 Å². The lowest BCUT2D eigenvalue weighted by Gasteiger charge is -2.00. The van der Waals surface area contributed by atoms with Gasteiger partial charge in [0, 0.05) is 0 Å². The maximum Gasteiger partial charge on any atom is 0.349 e. The zero-order chi connectivity index (χ0) is 13.5. The first kappa shape index (κ1) is 13.6. The van der Waals surface area contributed by atoms with Crippen LogP contribution in [0.4, 0.5) is 8.78 Å². The van der Waals surface area contributed by atoms with Crippen LogP contribution < -0.4 is 0 Å². The smallest absolute Gasteiger partial charge is 0.349 e. The van der Waals surface area contributed by atoms with Crippen LogP contribution in [-0.2, 0) is 9.53 Å². The summed E-state index contributed by atoms with van der Waals surface area (Å²) >= 11 is 0. The minimum atomic E-state index is -1.06. The third-order valence-corrected chi connectivity index (χ3v) is 1.93.